The van der Waals surface area contributed by atoms with Gasteiger partial charge in [-0.3, -0.25) is 4.99 Å². The van der Waals surface area contributed by atoms with Crippen LogP contribution in [0.15, 0.2) is 23.2 Å². The first kappa shape index (κ1) is 12.0. The number of halogens is 2. The smallest absolute Gasteiger partial charge is 0.153 e. The molecule has 0 spiro atoms. The second kappa shape index (κ2) is 5.23. The lowest BCUT2D eigenvalue weighted by molar-refractivity contribution is 0.284. The van der Waals surface area contributed by atoms with Crippen LogP contribution in [0.5, 0.6) is 5.75 Å². The summed E-state index contributed by atoms with van der Waals surface area (Å²) in [6.07, 6.45) is -0.0833. The van der Waals surface area contributed by atoms with Gasteiger partial charge < -0.3 is 10.1 Å². The Kier molecular flexibility index (Phi) is 3.91. The Morgan fingerprint density at radius 3 is 3.00 bits per heavy atom. The van der Waals surface area contributed by atoms with Crippen LogP contribution in [0, 0.1) is 3.57 Å². The van der Waals surface area contributed by atoms with Crippen LogP contribution < -0.4 is 10.1 Å². The first-order valence-corrected chi connectivity index (χ1v) is 6.52. The lowest BCUT2D eigenvalue weighted by Crippen LogP contribution is -2.33. The van der Waals surface area contributed by atoms with Crippen LogP contribution in [0.3, 0.4) is 0 Å². The first-order chi connectivity index (χ1) is 7.66. The molecule has 1 heterocycles. The third-order valence-corrected chi connectivity index (χ3v) is 3.25. The van der Waals surface area contributed by atoms with Crippen molar-refractivity contribution >= 4 is 40.0 Å². The van der Waals surface area contributed by atoms with Crippen molar-refractivity contribution in [1.82, 2.24) is 5.32 Å². The quantitative estimate of drug-likeness (QED) is 0.851. The summed E-state index contributed by atoms with van der Waals surface area (Å²) in [5, 5.41) is 3.82. The molecule has 1 atom stereocenters. The molecule has 2 rings (SSSR count). The molecule has 5 heteroatoms. The summed E-state index contributed by atoms with van der Waals surface area (Å²) in [6, 6.07) is 5.74. The number of nitrogens with one attached hydrogen (secondary N) is 1. The summed E-state index contributed by atoms with van der Waals surface area (Å²) in [5.74, 6) is 1.60. The van der Waals surface area contributed by atoms with E-state index in [1.807, 2.05) is 25.1 Å². The van der Waals surface area contributed by atoms with E-state index in [2.05, 4.69) is 32.9 Å². The molecule has 1 aliphatic rings. The van der Waals surface area contributed by atoms with Gasteiger partial charge in [-0.05, 0) is 47.7 Å². The molecule has 0 bridgehead atoms. The van der Waals surface area contributed by atoms with Crippen LogP contribution in [0.2, 0.25) is 5.02 Å². The molecule has 0 saturated heterocycles. The lowest BCUT2D eigenvalue weighted by atomic mass is 10.3. The first-order valence-electron chi connectivity index (χ1n) is 5.07. The SMILES string of the molecule is CC(Oc1ccc(I)cc1Cl)C1=NCCN1. The number of benzene rings is 1. The Morgan fingerprint density at radius 2 is 2.38 bits per heavy atom. The van der Waals surface area contributed by atoms with Crippen molar-refractivity contribution in [2.45, 2.75) is 13.0 Å². The van der Waals surface area contributed by atoms with Gasteiger partial charge in [0.1, 0.15) is 11.6 Å². The molecular formula is C11H12ClIN2O. The van der Waals surface area contributed by atoms with E-state index in [1.54, 1.807) is 0 Å². The van der Waals surface area contributed by atoms with Gasteiger partial charge in [0, 0.05) is 10.1 Å². The highest BCUT2D eigenvalue weighted by molar-refractivity contribution is 14.1. The standard InChI is InChI=1S/C11H12ClIN2O/c1-7(11-14-4-5-15-11)16-10-3-2-8(13)6-9(10)12/h2-3,6-7H,4-5H2,1H3,(H,14,15). The molecule has 1 N–H and O–H groups in total. The second-order valence-corrected chi connectivity index (χ2v) is 5.18. The van der Waals surface area contributed by atoms with Crippen LogP contribution in [0.25, 0.3) is 0 Å². The molecule has 1 aliphatic heterocycles. The van der Waals surface area contributed by atoms with Gasteiger partial charge in [-0.2, -0.15) is 0 Å². The molecular weight excluding hydrogens is 338 g/mol. The van der Waals surface area contributed by atoms with Crippen LogP contribution in [0.4, 0.5) is 0 Å². The third-order valence-electron chi connectivity index (χ3n) is 2.28. The molecule has 0 aliphatic carbocycles. The van der Waals surface area contributed by atoms with E-state index >= 15 is 0 Å². The minimum absolute atomic E-state index is 0.0833. The summed E-state index contributed by atoms with van der Waals surface area (Å²) < 4.78 is 6.85. The maximum Gasteiger partial charge on any atom is 0.153 e. The van der Waals surface area contributed by atoms with Crippen molar-refractivity contribution in [1.29, 1.82) is 0 Å². The largest absolute Gasteiger partial charge is 0.481 e. The van der Waals surface area contributed by atoms with E-state index in [4.69, 9.17) is 16.3 Å². The van der Waals surface area contributed by atoms with Crippen LogP contribution in [0.1, 0.15) is 6.92 Å². The maximum atomic E-state index is 6.09. The Morgan fingerprint density at radius 1 is 1.56 bits per heavy atom. The summed E-state index contributed by atoms with van der Waals surface area (Å²) in [4.78, 5) is 4.31. The molecule has 1 unspecified atom stereocenters. The number of amidine groups is 1. The number of aliphatic imine (C=N–C) groups is 1. The molecule has 0 aromatic heterocycles. The van der Waals surface area contributed by atoms with Crippen molar-refractivity contribution in [3.05, 3.63) is 26.8 Å². The topological polar surface area (TPSA) is 33.6 Å². The van der Waals surface area contributed by atoms with Gasteiger partial charge in [0.25, 0.3) is 0 Å². The summed E-state index contributed by atoms with van der Waals surface area (Å²) >= 11 is 8.31. The Bertz CT molecular complexity index is 422. The normalized spacial score (nSPS) is 16.6. The van der Waals surface area contributed by atoms with Gasteiger partial charge >= 0.3 is 0 Å². The van der Waals surface area contributed by atoms with Crippen molar-refractivity contribution in [2.24, 2.45) is 4.99 Å². The zero-order valence-corrected chi connectivity index (χ0v) is 11.7. The summed E-state index contributed by atoms with van der Waals surface area (Å²) in [7, 11) is 0. The van der Waals surface area contributed by atoms with Crippen molar-refractivity contribution in [3.63, 3.8) is 0 Å². The Hall–Kier alpha value is -0.490. The zero-order chi connectivity index (χ0) is 11.5. The molecule has 1 aromatic rings. The van der Waals surface area contributed by atoms with Gasteiger partial charge in [0.15, 0.2) is 6.10 Å². The predicted octanol–water partition coefficient (Wildman–Crippen LogP) is 2.71. The molecule has 0 saturated carbocycles. The van der Waals surface area contributed by atoms with E-state index in [9.17, 15) is 0 Å². The second-order valence-electron chi connectivity index (χ2n) is 3.53. The van der Waals surface area contributed by atoms with E-state index in [-0.39, 0.29) is 6.10 Å². The van der Waals surface area contributed by atoms with Crippen molar-refractivity contribution in [2.75, 3.05) is 13.1 Å². The van der Waals surface area contributed by atoms with E-state index in [1.165, 1.54) is 0 Å². The molecule has 0 amide bonds. The molecule has 0 fully saturated rings. The van der Waals surface area contributed by atoms with E-state index < -0.39 is 0 Å². The Balaban J connectivity index is 2.08. The van der Waals surface area contributed by atoms with Crippen LogP contribution in [-0.2, 0) is 0 Å². The van der Waals surface area contributed by atoms with E-state index in [0.29, 0.717) is 10.8 Å². The minimum Gasteiger partial charge on any atom is -0.481 e. The highest BCUT2D eigenvalue weighted by atomic mass is 127. The number of hydrogen-bond donors (Lipinski definition) is 1. The summed E-state index contributed by atoms with van der Waals surface area (Å²) in [5.41, 5.74) is 0. The minimum atomic E-state index is -0.0833. The Labute approximate surface area is 113 Å². The highest BCUT2D eigenvalue weighted by Gasteiger charge is 2.16. The molecule has 1 aromatic carbocycles. The fraction of sp³-hybridized carbons (Fsp3) is 0.364. The lowest BCUT2D eigenvalue weighted by Gasteiger charge is -2.16. The number of hydrogen-bond acceptors (Lipinski definition) is 3. The fourth-order valence-electron chi connectivity index (χ4n) is 1.51. The average molecular weight is 351 g/mol. The molecule has 0 radical (unpaired) electrons. The number of rotatable bonds is 3. The fourth-order valence-corrected chi connectivity index (χ4v) is 2.41. The van der Waals surface area contributed by atoms with E-state index in [0.717, 1.165) is 22.5 Å². The molecule has 86 valence electrons. The van der Waals surface area contributed by atoms with Crippen LogP contribution >= 0.6 is 34.2 Å². The van der Waals surface area contributed by atoms with Crippen molar-refractivity contribution < 1.29 is 4.74 Å². The monoisotopic (exact) mass is 350 g/mol. The maximum absolute atomic E-state index is 6.09. The van der Waals surface area contributed by atoms with Gasteiger partial charge in [0.05, 0.1) is 11.6 Å². The highest BCUT2D eigenvalue weighted by Crippen LogP contribution is 2.27. The zero-order valence-electron chi connectivity index (χ0n) is 8.84. The number of ether oxygens (including phenoxy) is 1. The molecule has 16 heavy (non-hydrogen) atoms. The van der Waals surface area contributed by atoms with Gasteiger partial charge in [0.2, 0.25) is 0 Å². The molecule has 3 nitrogen and oxygen atoms in total. The third kappa shape index (κ3) is 2.79. The average Bonchev–Trinajstić information content (AvgIpc) is 2.75. The predicted molar refractivity (Wildman–Crippen MR) is 74.6 cm³/mol. The van der Waals surface area contributed by atoms with Gasteiger partial charge in [-0.15, -0.1) is 0 Å². The number of nitrogens with zero attached hydrogens (tertiary/aromatic N) is 1. The van der Waals surface area contributed by atoms with Gasteiger partial charge in [-0.25, -0.2) is 0 Å². The summed E-state index contributed by atoms with van der Waals surface area (Å²) in [6.45, 7) is 3.68. The van der Waals surface area contributed by atoms with Crippen molar-refractivity contribution in [3.8, 4) is 5.75 Å². The van der Waals surface area contributed by atoms with Gasteiger partial charge in [-0.1, -0.05) is 11.6 Å². The van der Waals surface area contributed by atoms with Crippen LogP contribution in [-0.4, -0.2) is 25.0 Å².